The van der Waals surface area contributed by atoms with Crippen molar-refractivity contribution in [2.45, 2.75) is 31.9 Å². The van der Waals surface area contributed by atoms with Crippen LogP contribution in [0.2, 0.25) is 0 Å². The molecule has 0 unspecified atom stereocenters. The quantitative estimate of drug-likeness (QED) is 0.826. The van der Waals surface area contributed by atoms with E-state index < -0.39 is 0 Å². The van der Waals surface area contributed by atoms with Gasteiger partial charge in [-0.05, 0) is 48.8 Å². The number of aromatic nitrogens is 2. The Balaban J connectivity index is 1.35. The van der Waals surface area contributed by atoms with Crippen LogP contribution in [0.4, 0.5) is 5.82 Å². The lowest BCUT2D eigenvalue weighted by atomic mass is 10.2. The number of pyridine rings is 2. The van der Waals surface area contributed by atoms with Crippen molar-refractivity contribution in [3.8, 4) is 5.88 Å². The zero-order valence-electron chi connectivity index (χ0n) is 15.3. The van der Waals surface area contributed by atoms with Gasteiger partial charge < -0.3 is 15.0 Å². The molecule has 6 nitrogen and oxygen atoms in total. The summed E-state index contributed by atoms with van der Waals surface area (Å²) >= 11 is 1.89. The van der Waals surface area contributed by atoms with E-state index in [0.29, 0.717) is 18.0 Å². The Kier molecular flexibility index (Phi) is 5.77. The molecule has 2 aromatic heterocycles. The molecular formula is C20H24N4O2S. The van der Waals surface area contributed by atoms with Crippen LogP contribution in [0.3, 0.4) is 0 Å². The van der Waals surface area contributed by atoms with Gasteiger partial charge in [-0.3, -0.25) is 4.79 Å². The topological polar surface area (TPSA) is 67.4 Å². The third-order valence-corrected chi connectivity index (χ3v) is 6.00. The van der Waals surface area contributed by atoms with Crippen LogP contribution in [0.5, 0.6) is 5.88 Å². The van der Waals surface area contributed by atoms with Crippen LogP contribution in [0.15, 0.2) is 36.7 Å². The first kappa shape index (κ1) is 18.1. The number of rotatable bonds is 6. The van der Waals surface area contributed by atoms with E-state index >= 15 is 0 Å². The highest BCUT2D eigenvalue weighted by molar-refractivity contribution is 7.99. The van der Waals surface area contributed by atoms with Crippen LogP contribution in [0, 0.1) is 0 Å². The highest BCUT2D eigenvalue weighted by Crippen LogP contribution is 2.22. The number of ether oxygens (including phenoxy) is 1. The van der Waals surface area contributed by atoms with Crippen molar-refractivity contribution in [2.24, 2.45) is 0 Å². The van der Waals surface area contributed by atoms with Crippen LogP contribution >= 0.6 is 11.8 Å². The number of carbonyl (C=O) groups is 1. The van der Waals surface area contributed by atoms with Gasteiger partial charge in [0, 0.05) is 49.4 Å². The van der Waals surface area contributed by atoms with Crippen molar-refractivity contribution < 1.29 is 9.53 Å². The van der Waals surface area contributed by atoms with Gasteiger partial charge in [-0.2, -0.15) is 11.8 Å². The predicted octanol–water partition coefficient (Wildman–Crippen LogP) is 2.89. The fourth-order valence-corrected chi connectivity index (χ4v) is 4.46. The average Bonchev–Trinajstić information content (AvgIpc) is 3.41. The number of amides is 1. The second-order valence-electron chi connectivity index (χ2n) is 6.89. The van der Waals surface area contributed by atoms with Crippen molar-refractivity contribution in [3.63, 3.8) is 0 Å². The van der Waals surface area contributed by atoms with Crippen molar-refractivity contribution in [1.82, 2.24) is 15.3 Å². The largest absolute Gasteiger partial charge is 0.473 e. The standard InChI is InChI=1S/C20H24N4O2S/c25-20(16-4-7-22-19(12-16)26-17-5-10-27-14-17)23-13-15-3-6-21-18(11-15)24-8-1-2-9-24/h3-4,6-7,11-12,17H,1-2,5,8-10,13-14H2,(H,23,25)/t17-/m0/s1. The van der Waals surface area contributed by atoms with Crippen molar-refractivity contribution in [1.29, 1.82) is 0 Å². The Morgan fingerprint density at radius 1 is 1.22 bits per heavy atom. The Morgan fingerprint density at radius 2 is 2.07 bits per heavy atom. The van der Waals surface area contributed by atoms with Crippen LogP contribution < -0.4 is 15.0 Å². The number of carbonyl (C=O) groups excluding carboxylic acids is 1. The lowest BCUT2D eigenvalue weighted by Crippen LogP contribution is -2.24. The van der Waals surface area contributed by atoms with E-state index in [4.69, 9.17) is 4.74 Å². The van der Waals surface area contributed by atoms with Crippen LogP contribution in [0.1, 0.15) is 35.2 Å². The number of thioether (sulfide) groups is 1. The molecule has 7 heteroatoms. The molecule has 2 aliphatic rings. The van der Waals surface area contributed by atoms with Crippen molar-refractivity contribution in [2.75, 3.05) is 29.5 Å². The summed E-state index contributed by atoms with van der Waals surface area (Å²) in [6.07, 6.45) is 7.10. The van der Waals surface area contributed by atoms with E-state index in [1.165, 1.54) is 12.8 Å². The maximum atomic E-state index is 12.5. The van der Waals surface area contributed by atoms with E-state index in [2.05, 4.69) is 26.3 Å². The second kappa shape index (κ2) is 8.61. The first-order valence-corrected chi connectivity index (χ1v) is 10.6. The zero-order valence-corrected chi connectivity index (χ0v) is 16.1. The lowest BCUT2D eigenvalue weighted by molar-refractivity contribution is 0.0950. The summed E-state index contributed by atoms with van der Waals surface area (Å²) in [5.41, 5.74) is 1.62. The van der Waals surface area contributed by atoms with Gasteiger partial charge in [0.25, 0.3) is 5.91 Å². The second-order valence-corrected chi connectivity index (χ2v) is 8.04. The van der Waals surface area contributed by atoms with E-state index in [-0.39, 0.29) is 12.0 Å². The summed E-state index contributed by atoms with van der Waals surface area (Å²) < 4.78 is 5.88. The Morgan fingerprint density at radius 3 is 2.89 bits per heavy atom. The third-order valence-electron chi connectivity index (χ3n) is 4.87. The summed E-state index contributed by atoms with van der Waals surface area (Å²) in [4.78, 5) is 23.5. The molecule has 27 heavy (non-hydrogen) atoms. The van der Waals surface area contributed by atoms with E-state index in [1.54, 1.807) is 18.3 Å². The van der Waals surface area contributed by atoms with E-state index in [1.807, 2.05) is 24.0 Å². The zero-order chi connectivity index (χ0) is 18.5. The molecule has 1 atom stereocenters. The third kappa shape index (κ3) is 4.71. The molecule has 2 aliphatic heterocycles. The van der Waals surface area contributed by atoms with E-state index in [0.717, 1.165) is 42.4 Å². The maximum Gasteiger partial charge on any atom is 0.251 e. The van der Waals surface area contributed by atoms with Gasteiger partial charge in [-0.25, -0.2) is 9.97 Å². The molecule has 0 radical (unpaired) electrons. The lowest BCUT2D eigenvalue weighted by Gasteiger charge is -2.17. The molecule has 0 bridgehead atoms. The number of nitrogens with one attached hydrogen (secondary N) is 1. The molecule has 0 spiro atoms. The number of hydrogen-bond acceptors (Lipinski definition) is 6. The molecule has 4 heterocycles. The van der Waals surface area contributed by atoms with Crippen LogP contribution in [0.25, 0.3) is 0 Å². The first-order valence-electron chi connectivity index (χ1n) is 9.46. The maximum absolute atomic E-state index is 12.5. The van der Waals surface area contributed by atoms with Gasteiger partial charge in [0.1, 0.15) is 11.9 Å². The normalized spacial score (nSPS) is 19.3. The molecule has 142 valence electrons. The fourth-order valence-electron chi connectivity index (χ4n) is 3.37. The Bertz CT molecular complexity index is 789. The smallest absolute Gasteiger partial charge is 0.251 e. The summed E-state index contributed by atoms with van der Waals surface area (Å²) in [5, 5.41) is 2.98. The van der Waals surface area contributed by atoms with E-state index in [9.17, 15) is 4.79 Å². The van der Waals surface area contributed by atoms with Gasteiger partial charge in [0.2, 0.25) is 5.88 Å². The minimum atomic E-state index is -0.123. The molecule has 1 N–H and O–H groups in total. The molecule has 4 rings (SSSR count). The van der Waals surface area contributed by atoms with Gasteiger partial charge >= 0.3 is 0 Å². The SMILES string of the molecule is O=C(NCc1ccnc(N2CCCC2)c1)c1ccnc(O[C@H]2CCSC2)c1. The molecule has 2 fully saturated rings. The highest BCUT2D eigenvalue weighted by Gasteiger charge is 2.18. The highest BCUT2D eigenvalue weighted by atomic mass is 32.2. The predicted molar refractivity (Wildman–Crippen MR) is 107 cm³/mol. The first-order chi connectivity index (χ1) is 13.3. The molecule has 0 aliphatic carbocycles. The molecule has 2 saturated heterocycles. The van der Waals surface area contributed by atoms with Crippen LogP contribution in [-0.2, 0) is 6.54 Å². The van der Waals surface area contributed by atoms with Crippen molar-refractivity contribution >= 4 is 23.5 Å². The number of nitrogens with zero attached hydrogens (tertiary/aromatic N) is 3. The summed E-state index contributed by atoms with van der Waals surface area (Å²) in [6, 6.07) is 7.44. The minimum Gasteiger partial charge on any atom is -0.473 e. The molecule has 2 aromatic rings. The summed E-state index contributed by atoms with van der Waals surface area (Å²) in [6.45, 7) is 2.59. The Hall–Kier alpha value is -2.28. The number of hydrogen-bond donors (Lipinski definition) is 1. The minimum absolute atomic E-state index is 0.123. The molecule has 0 aromatic carbocycles. The van der Waals surface area contributed by atoms with Crippen LogP contribution in [-0.4, -0.2) is 46.6 Å². The summed E-state index contributed by atoms with van der Waals surface area (Å²) in [5.74, 6) is 3.50. The number of anilines is 1. The molecular weight excluding hydrogens is 360 g/mol. The molecule has 0 saturated carbocycles. The van der Waals surface area contributed by atoms with Gasteiger partial charge in [-0.1, -0.05) is 0 Å². The average molecular weight is 385 g/mol. The summed E-state index contributed by atoms with van der Waals surface area (Å²) in [7, 11) is 0. The Labute approximate surface area is 163 Å². The fraction of sp³-hybridized carbons (Fsp3) is 0.450. The monoisotopic (exact) mass is 384 g/mol. The molecule has 1 amide bonds. The van der Waals surface area contributed by atoms with Crippen molar-refractivity contribution in [3.05, 3.63) is 47.8 Å². The van der Waals surface area contributed by atoms with Gasteiger partial charge in [0.15, 0.2) is 0 Å². The van der Waals surface area contributed by atoms with Gasteiger partial charge in [-0.15, -0.1) is 0 Å². The van der Waals surface area contributed by atoms with Gasteiger partial charge in [0.05, 0.1) is 0 Å².